The van der Waals surface area contributed by atoms with Gasteiger partial charge in [0.15, 0.2) is 0 Å². The second-order valence-corrected chi connectivity index (χ2v) is 9.07. The molecule has 0 saturated heterocycles. The number of hydrogen-bond acceptors (Lipinski definition) is 2. The van der Waals surface area contributed by atoms with E-state index in [2.05, 4.69) is 33.4 Å². The van der Waals surface area contributed by atoms with Crippen LogP contribution in [0.1, 0.15) is 88.0 Å². The Morgan fingerprint density at radius 3 is 2.19 bits per heavy atom. The Morgan fingerprint density at radius 2 is 1.62 bits per heavy atom. The molecule has 0 N–H and O–H groups in total. The Morgan fingerprint density at radius 1 is 1.00 bits per heavy atom. The maximum Gasteiger partial charge on any atom is 0.344 e. The van der Waals surface area contributed by atoms with Gasteiger partial charge in [0.2, 0.25) is 0 Å². The Hall–Kier alpha value is -2.61. The third-order valence-electron chi connectivity index (χ3n) is 6.11. The van der Waals surface area contributed by atoms with Crippen molar-refractivity contribution in [3.05, 3.63) is 75.7 Å². The Balaban J connectivity index is 0.000000887. The van der Waals surface area contributed by atoms with E-state index in [1.165, 1.54) is 36.0 Å². The van der Waals surface area contributed by atoms with Crippen molar-refractivity contribution in [1.29, 1.82) is 0 Å². The highest BCUT2D eigenvalue weighted by Crippen LogP contribution is 2.36. The van der Waals surface area contributed by atoms with E-state index >= 15 is 0 Å². The largest absolute Gasteiger partial charge is 0.422 e. The molecule has 4 rings (SSSR count). The van der Waals surface area contributed by atoms with Crippen LogP contribution in [0.3, 0.4) is 0 Å². The van der Waals surface area contributed by atoms with Crippen LogP contribution in [0.15, 0.2) is 52.2 Å². The van der Waals surface area contributed by atoms with Gasteiger partial charge in [-0.25, -0.2) is 4.79 Å². The molecule has 0 unspecified atom stereocenters. The van der Waals surface area contributed by atoms with Gasteiger partial charge in [-0.15, -0.1) is 0 Å². The molecule has 0 amide bonds. The van der Waals surface area contributed by atoms with Crippen LogP contribution in [0.25, 0.3) is 27.7 Å². The Bertz CT molecular complexity index is 1110. The van der Waals surface area contributed by atoms with Gasteiger partial charge in [-0.2, -0.15) is 0 Å². The summed E-state index contributed by atoms with van der Waals surface area (Å²) in [4.78, 5) is 13.1. The normalized spacial score (nSPS) is 12.4. The van der Waals surface area contributed by atoms with Gasteiger partial charge in [-0.05, 0) is 73.4 Å². The fraction of sp³-hybridized carbons (Fsp3) is 0.433. The van der Waals surface area contributed by atoms with Gasteiger partial charge in [0, 0.05) is 10.9 Å². The predicted molar refractivity (Wildman–Crippen MR) is 138 cm³/mol. The Kier molecular flexibility index (Phi) is 8.50. The summed E-state index contributed by atoms with van der Waals surface area (Å²) >= 11 is 0. The molecule has 1 fully saturated rings. The van der Waals surface area contributed by atoms with Crippen molar-refractivity contribution < 1.29 is 4.42 Å². The monoisotopic (exact) mass is 430 g/mol. The number of unbranched alkanes of at least 4 members (excludes halogenated alkanes) is 2. The average molecular weight is 431 g/mol. The molecule has 2 heteroatoms. The second kappa shape index (κ2) is 11.3. The minimum atomic E-state index is -0.278. The van der Waals surface area contributed by atoms with Gasteiger partial charge in [0.05, 0.1) is 5.56 Å². The zero-order valence-corrected chi connectivity index (χ0v) is 20.4. The van der Waals surface area contributed by atoms with E-state index in [0.717, 1.165) is 66.2 Å². The van der Waals surface area contributed by atoms with Gasteiger partial charge < -0.3 is 4.42 Å². The van der Waals surface area contributed by atoms with E-state index in [0.29, 0.717) is 5.56 Å². The van der Waals surface area contributed by atoms with Gasteiger partial charge in [-0.3, -0.25) is 0 Å². The van der Waals surface area contributed by atoms with E-state index in [4.69, 9.17) is 4.42 Å². The van der Waals surface area contributed by atoms with Crippen LogP contribution < -0.4 is 5.63 Å². The molecule has 1 aliphatic rings. The molecular formula is C30H38O2. The molecule has 170 valence electrons. The fourth-order valence-corrected chi connectivity index (χ4v) is 4.15. The van der Waals surface area contributed by atoms with E-state index in [1.807, 2.05) is 37.3 Å². The molecule has 0 atom stereocenters. The van der Waals surface area contributed by atoms with Crippen molar-refractivity contribution in [2.75, 3.05) is 0 Å². The number of fused-ring (bicyclic) bond motifs is 1. The fourth-order valence-electron chi connectivity index (χ4n) is 4.15. The number of allylic oxidation sites excluding steroid dienone is 1. The van der Waals surface area contributed by atoms with E-state index < -0.39 is 0 Å². The van der Waals surface area contributed by atoms with Crippen LogP contribution >= 0.6 is 0 Å². The van der Waals surface area contributed by atoms with Gasteiger partial charge >= 0.3 is 5.63 Å². The van der Waals surface area contributed by atoms with Crippen molar-refractivity contribution >= 4 is 16.5 Å². The molecule has 1 saturated carbocycles. The first-order valence-electron chi connectivity index (χ1n) is 12.3. The van der Waals surface area contributed by atoms with Gasteiger partial charge in [0.1, 0.15) is 5.58 Å². The summed E-state index contributed by atoms with van der Waals surface area (Å²) in [5.74, 6) is 0. The first-order chi connectivity index (χ1) is 15.5. The molecule has 1 aliphatic carbocycles. The minimum absolute atomic E-state index is 0.278. The lowest BCUT2D eigenvalue weighted by atomic mass is 9.88. The highest BCUT2D eigenvalue weighted by Gasteiger charge is 2.21. The highest BCUT2D eigenvalue weighted by molar-refractivity contribution is 5.98. The molecule has 0 radical (unpaired) electrons. The third-order valence-corrected chi connectivity index (χ3v) is 6.11. The zero-order chi connectivity index (χ0) is 23.1. The molecule has 0 bridgehead atoms. The maximum absolute atomic E-state index is 13.1. The van der Waals surface area contributed by atoms with Gasteiger partial charge in [0.25, 0.3) is 0 Å². The summed E-state index contributed by atoms with van der Waals surface area (Å²) in [5, 5.41) is 1.03. The van der Waals surface area contributed by atoms with Crippen molar-refractivity contribution in [2.24, 2.45) is 0 Å². The predicted octanol–water partition coefficient (Wildman–Crippen LogP) is 8.66. The van der Waals surface area contributed by atoms with Gasteiger partial charge in [-0.1, -0.05) is 82.9 Å². The molecular weight excluding hydrogens is 392 g/mol. The molecule has 3 aromatic rings. The lowest BCUT2D eigenvalue weighted by Crippen LogP contribution is -2.10. The summed E-state index contributed by atoms with van der Waals surface area (Å²) in [6, 6.07) is 12.0. The zero-order valence-electron chi connectivity index (χ0n) is 20.4. The van der Waals surface area contributed by atoms with E-state index in [9.17, 15) is 4.79 Å². The van der Waals surface area contributed by atoms with Crippen LogP contribution in [0.2, 0.25) is 0 Å². The van der Waals surface area contributed by atoms with E-state index in [-0.39, 0.29) is 5.63 Å². The van der Waals surface area contributed by atoms with Crippen molar-refractivity contribution in [2.45, 2.75) is 85.5 Å². The molecule has 32 heavy (non-hydrogen) atoms. The smallest absolute Gasteiger partial charge is 0.344 e. The SMILES string of the molecule is C1CC1.C=C(C)c1c(-c2ccccc2)c(=O)oc2c(CCCC)c(C)c(CCCC)cc12. The van der Waals surface area contributed by atoms with Crippen LogP contribution in [0, 0.1) is 6.92 Å². The minimum Gasteiger partial charge on any atom is -0.422 e. The summed E-state index contributed by atoms with van der Waals surface area (Å²) in [6.45, 7) is 12.8. The number of benzene rings is 2. The van der Waals surface area contributed by atoms with Crippen LogP contribution in [-0.4, -0.2) is 0 Å². The molecule has 0 aliphatic heterocycles. The van der Waals surface area contributed by atoms with Crippen LogP contribution in [0.4, 0.5) is 0 Å². The molecule has 2 aromatic carbocycles. The number of rotatable bonds is 8. The van der Waals surface area contributed by atoms with E-state index in [1.54, 1.807) is 0 Å². The standard InChI is InChI=1S/C27H32O2.C3H6/c1-6-8-13-21-17-23-24(18(3)4)25(20-14-11-10-12-15-20)27(28)29-26(23)22(19(21)5)16-9-7-2;1-2-3-1/h10-12,14-15,17H,3,6-9,13,16H2,1-2,4-5H3;1-3H2. The third kappa shape index (κ3) is 5.59. The lowest BCUT2D eigenvalue weighted by Gasteiger charge is -2.18. The van der Waals surface area contributed by atoms with Crippen LogP contribution in [0.5, 0.6) is 0 Å². The first-order valence-corrected chi connectivity index (χ1v) is 12.3. The lowest BCUT2D eigenvalue weighted by molar-refractivity contribution is 0.556. The Labute approximate surface area is 193 Å². The topological polar surface area (TPSA) is 30.2 Å². The summed E-state index contributed by atoms with van der Waals surface area (Å²) in [6.07, 6.45) is 11.0. The molecule has 1 aromatic heterocycles. The van der Waals surface area contributed by atoms with Crippen molar-refractivity contribution in [3.63, 3.8) is 0 Å². The maximum atomic E-state index is 13.1. The molecule has 0 spiro atoms. The number of hydrogen-bond donors (Lipinski definition) is 0. The highest BCUT2D eigenvalue weighted by atomic mass is 16.4. The van der Waals surface area contributed by atoms with Crippen molar-refractivity contribution in [1.82, 2.24) is 0 Å². The van der Waals surface area contributed by atoms with Crippen molar-refractivity contribution in [3.8, 4) is 11.1 Å². The average Bonchev–Trinajstić information content (AvgIpc) is 3.67. The number of aryl methyl sites for hydroxylation is 2. The molecule has 1 heterocycles. The summed E-state index contributed by atoms with van der Waals surface area (Å²) in [5.41, 5.74) is 7.63. The summed E-state index contributed by atoms with van der Waals surface area (Å²) < 4.78 is 6.01. The first kappa shape index (κ1) is 24.0. The summed E-state index contributed by atoms with van der Waals surface area (Å²) in [7, 11) is 0. The quantitative estimate of drug-likeness (QED) is 0.335. The second-order valence-electron chi connectivity index (χ2n) is 9.07. The molecule has 2 nitrogen and oxygen atoms in total. The van der Waals surface area contributed by atoms with Crippen LogP contribution in [-0.2, 0) is 12.8 Å².